The first kappa shape index (κ1) is 13.6. The van der Waals surface area contributed by atoms with E-state index in [0.717, 1.165) is 35.7 Å². The number of rotatable bonds is 6. The van der Waals surface area contributed by atoms with Gasteiger partial charge in [-0.15, -0.1) is 0 Å². The SMILES string of the molecule is CC(C)CCOc1ccccc1-c1cc(CN)[nH]n1. The highest BCUT2D eigenvalue weighted by molar-refractivity contribution is 5.67. The molecule has 0 fully saturated rings. The summed E-state index contributed by atoms with van der Waals surface area (Å²) >= 11 is 0. The van der Waals surface area contributed by atoms with Crippen LogP contribution in [0.4, 0.5) is 0 Å². The van der Waals surface area contributed by atoms with Crippen molar-refractivity contribution in [3.63, 3.8) is 0 Å². The molecule has 1 aromatic heterocycles. The molecule has 2 rings (SSSR count). The highest BCUT2D eigenvalue weighted by Gasteiger charge is 2.09. The van der Waals surface area contributed by atoms with Gasteiger partial charge in [0.25, 0.3) is 0 Å². The highest BCUT2D eigenvalue weighted by Crippen LogP contribution is 2.28. The van der Waals surface area contributed by atoms with Crippen LogP contribution in [-0.4, -0.2) is 16.8 Å². The van der Waals surface area contributed by atoms with Crippen LogP contribution in [-0.2, 0) is 6.54 Å². The Morgan fingerprint density at radius 3 is 2.79 bits per heavy atom. The predicted octanol–water partition coefficient (Wildman–Crippen LogP) is 2.96. The number of nitrogens with zero attached hydrogens (tertiary/aromatic N) is 1. The van der Waals surface area contributed by atoms with Gasteiger partial charge in [-0.05, 0) is 30.5 Å². The van der Waals surface area contributed by atoms with Gasteiger partial charge in [0.2, 0.25) is 0 Å². The number of benzene rings is 1. The Morgan fingerprint density at radius 2 is 2.11 bits per heavy atom. The molecular formula is C15H21N3O. The van der Waals surface area contributed by atoms with E-state index in [1.807, 2.05) is 30.3 Å². The fraction of sp³-hybridized carbons (Fsp3) is 0.400. The summed E-state index contributed by atoms with van der Waals surface area (Å²) in [7, 11) is 0. The third kappa shape index (κ3) is 3.58. The van der Waals surface area contributed by atoms with E-state index in [-0.39, 0.29) is 0 Å². The molecule has 4 heteroatoms. The van der Waals surface area contributed by atoms with Crippen LogP contribution in [0.1, 0.15) is 26.0 Å². The Morgan fingerprint density at radius 1 is 1.32 bits per heavy atom. The average Bonchev–Trinajstić information content (AvgIpc) is 2.87. The average molecular weight is 259 g/mol. The van der Waals surface area contributed by atoms with E-state index in [1.54, 1.807) is 0 Å². The smallest absolute Gasteiger partial charge is 0.128 e. The van der Waals surface area contributed by atoms with Gasteiger partial charge in [0.1, 0.15) is 5.75 Å². The third-order valence-corrected chi connectivity index (χ3v) is 2.97. The number of nitrogens with two attached hydrogens (primary N) is 1. The predicted molar refractivity (Wildman–Crippen MR) is 76.9 cm³/mol. The van der Waals surface area contributed by atoms with Crippen molar-refractivity contribution in [2.75, 3.05) is 6.61 Å². The van der Waals surface area contributed by atoms with Crippen LogP contribution in [0.3, 0.4) is 0 Å². The molecular weight excluding hydrogens is 238 g/mol. The molecule has 0 unspecified atom stereocenters. The first-order valence-corrected chi connectivity index (χ1v) is 6.67. The minimum Gasteiger partial charge on any atom is -0.493 e. The monoisotopic (exact) mass is 259 g/mol. The minimum atomic E-state index is 0.462. The zero-order chi connectivity index (χ0) is 13.7. The van der Waals surface area contributed by atoms with Crippen molar-refractivity contribution in [3.8, 4) is 17.0 Å². The standard InChI is InChI=1S/C15H21N3O/c1-11(2)7-8-19-15-6-4-3-5-13(15)14-9-12(10-16)17-18-14/h3-6,9,11H,7-8,10,16H2,1-2H3,(H,17,18). The fourth-order valence-corrected chi connectivity index (χ4v) is 1.81. The van der Waals surface area contributed by atoms with E-state index in [0.29, 0.717) is 12.5 Å². The second-order valence-corrected chi connectivity index (χ2v) is 5.01. The van der Waals surface area contributed by atoms with E-state index < -0.39 is 0 Å². The molecule has 3 N–H and O–H groups in total. The Hall–Kier alpha value is -1.81. The summed E-state index contributed by atoms with van der Waals surface area (Å²) in [6, 6.07) is 9.92. The molecule has 0 aliphatic heterocycles. The first-order valence-electron chi connectivity index (χ1n) is 6.67. The molecule has 102 valence electrons. The summed E-state index contributed by atoms with van der Waals surface area (Å²) in [5.41, 5.74) is 8.39. The molecule has 0 radical (unpaired) electrons. The number of para-hydroxylation sites is 1. The number of hydrogen-bond donors (Lipinski definition) is 2. The molecule has 0 atom stereocenters. The fourth-order valence-electron chi connectivity index (χ4n) is 1.81. The lowest BCUT2D eigenvalue weighted by Crippen LogP contribution is -2.02. The summed E-state index contributed by atoms with van der Waals surface area (Å²) < 4.78 is 5.86. The molecule has 0 amide bonds. The van der Waals surface area contributed by atoms with Crippen molar-refractivity contribution < 1.29 is 4.74 Å². The third-order valence-electron chi connectivity index (χ3n) is 2.97. The van der Waals surface area contributed by atoms with Crippen molar-refractivity contribution in [2.45, 2.75) is 26.8 Å². The maximum atomic E-state index is 5.86. The highest BCUT2D eigenvalue weighted by atomic mass is 16.5. The number of nitrogens with one attached hydrogen (secondary N) is 1. The van der Waals surface area contributed by atoms with E-state index in [1.165, 1.54) is 0 Å². The van der Waals surface area contributed by atoms with Crippen LogP contribution in [0.2, 0.25) is 0 Å². The number of hydrogen-bond acceptors (Lipinski definition) is 3. The lowest BCUT2D eigenvalue weighted by atomic mass is 10.1. The van der Waals surface area contributed by atoms with Crippen molar-refractivity contribution in [1.82, 2.24) is 10.2 Å². The number of H-pyrrole nitrogens is 1. The zero-order valence-corrected chi connectivity index (χ0v) is 11.5. The van der Waals surface area contributed by atoms with Gasteiger partial charge in [-0.3, -0.25) is 5.10 Å². The molecule has 4 nitrogen and oxygen atoms in total. The van der Waals surface area contributed by atoms with Crippen LogP contribution in [0.15, 0.2) is 30.3 Å². The molecule has 0 aliphatic rings. The van der Waals surface area contributed by atoms with Gasteiger partial charge >= 0.3 is 0 Å². The summed E-state index contributed by atoms with van der Waals surface area (Å²) in [4.78, 5) is 0. The van der Waals surface area contributed by atoms with Gasteiger partial charge in [0.05, 0.1) is 12.3 Å². The Kier molecular flexibility index (Phi) is 4.58. The molecule has 0 aliphatic carbocycles. The van der Waals surface area contributed by atoms with Gasteiger partial charge in [0.15, 0.2) is 0 Å². The molecule has 1 heterocycles. The van der Waals surface area contributed by atoms with E-state index in [9.17, 15) is 0 Å². The second kappa shape index (κ2) is 6.38. The first-order chi connectivity index (χ1) is 9.20. The largest absolute Gasteiger partial charge is 0.493 e. The van der Waals surface area contributed by atoms with E-state index in [2.05, 4.69) is 24.0 Å². The Labute approximate surface area is 114 Å². The summed E-state index contributed by atoms with van der Waals surface area (Å²) in [6.45, 7) is 5.57. The van der Waals surface area contributed by atoms with Crippen LogP contribution in [0, 0.1) is 5.92 Å². The lowest BCUT2D eigenvalue weighted by Gasteiger charge is -2.11. The van der Waals surface area contributed by atoms with Gasteiger partial charge in [0, 0.05) is 17.8 Å². The van der Waals surface area contributed by atoms with Gasteiger partial charge in [-0.2, -0.15) is 5.10 Å². The van der Waals surface area contributed by atoms with Crippen molar-refractivity contribution in [3.05, 3.63) is 36.0 Å². The molecule has 2 aromatic rings. The Bertz CT molecular complexity index is 520. The number of aromatic nitrogens is 2. The van der Waals surface area contributed by atoms with Crippen molar-refractivity contribution in [1.29, 1.82) is 0 Å². The van der Waals surface area contributed by atoms with Crippen LogP contribution in [0.25, 0.3) is 11.3 Å². The molecule has 0 spiro atoms. The maximum Gasteiger partial charge on any atom is 0.128 e. The Balaban J connectivity index is 2.15. The minimum absolute atomic E-state index is 0.462. The van der Waals surface area contributed by atoms with Crippen LogP contribution in [0.5, 0.6) is 5.75 Å². The topological polar surface area (TPSA) is 63.9 Å². The van der Waals surface area contributed by atoms with Gasteiger partial charge in [-0.1, -0.05) is 26.0 Å². The van der Waals surface area contributed by atoms with Crippen LogP contribution >= 0.6 is 0 Å². The normalized spacial score (nSPS) is 10.9. The molecule has 0 bridgehead atoms. The quantitative estimate of drug-likeness (QED) is 0.838. The van der Waals surface area contributed by atoms with Crippen LogP contribution < -0.4 is 10.5 Å². The summed E-state index contributed by atoms with van der Waals surface area (Å²) in [5, 5.41) is 7.20. The number of ether oxygens (including phenoxy) is 1. The maximum absolute atomic E-state index is 5.86. The van der Waals surface area contributed by atoms with Gasteiger partial charge in [-0.25, -0.2) is 0 Å². The van der Waals surface area contributed by atoms with Gasteiger partial charge < -0.3 is 10.5 Å². The van der Waals surface area contributed by atoms with E-state index >= 15 is 0 Å². The zero-order valence-electron chi connectivity index (χ0n) is 11.5. The summed E-state index contributed by atoms with van der Waals surface area (Å²) in [5.74, 6) is 1.51. The number of aromatic amines is 1. The summed E-state index contributed by atoms with van der Waals surface area (Å²) in [6.07, 6.45) is 1.04. The van der Waals surface area contributed by atoms with Crippen molar-refractivity contribution in [2.24, 2.45) is 11.7 Å². The molecule has 0 saturated carbocycles. The second-order valence-electron chi connectivity index (χ2n) is 5.01. The molecule has 1 aromatic carbocycles. The molecule has 0 saturated heterocycles. The van der Waals surface area contributed by atoms with E-state index in [4.69, 9.17) is 10.5 Å². The molecule has 19 heavy (non-hydrogen) atoms. The van der Waals surface area contributed by atoms with Crippen molar-refractivity contribution >= 4 is 0 Å². The lowest BCUT2D eigenvalue weighted by molar-refractivity contribution is 0.290.